The Morgan fingerprint density at radius 1 is 1.23 bits per heavy atom. The molecule has 2 heteroatoms. The van der Waals surface area contributed by atoms with E-state index in [1.807, 2.05) is 19.1 Å². The highest BCUT2D eigenvalue weighted by Gasteiger charge is 1.96. The third kappa shape index (κ3) is 2.09. The standard InChI is InChI=1S/C11H6N2/c1-9-4-5-10(8-13)7-11(9)3-2-6-12/h4-5,7H,1H3. The highest BCUT2D eigenvalue weighted by atomic mass is 14.2. The van der Waals surface area contributed by atoms with E-state index in [2.05, 4.69) is 11.8 Å². The lowest BCUT2D eigenvalue weighted by Crippen LogP contribution is -1.83. The number of benzene rings is 1. The van der Waals surface area contributed by atoms with Crippen molar-refractivity contribution in [1.29, 1.82) is 10.5 Å². The summed E-state index contributed by atoms with van der Waals surface area (Å²) in [6.07, 6.45) is 0. The van der Waals surface area contributed by atoms with Crippen LogP contribution in [0.4, 0.5) is 0 Å². The van der Waals surface area contributed by atoms with E-state index in [1.54, 1.807) is 18.2 Å². The van der Waals surface area contributed by atoms with E-state index in [0.29, 0.717) is 5.56 Å². The highest BCUT2D eigenvalue weighted by Crippen LogP contribution is 2.08. The molecule has 0 atom stereocenters. The van der Waals surface area contributed by atoms with Crippen molar-refractivity contribution in [3.05, 3.63) is 34.9 Å². The van der Waals surface area contributed by atoms with Gasteiger partial charge in [0.25, 0.3) is 0 Å². The normalized spacial score (nSPS) is 7.62. The van der Waals surface area contributed by atoms with Gasteiger partial charge in [0.1, 0.15) is 0 Å². The Bertz CT molecular complexity index is 462. The van der Waals surface area contributed by atoms with E-state index in [9.17, 15) is 0 Å². The van der Waals surface area contributed by atoms with Crippen molar-refractivity contribution in [2.75, 3.05) is 0 Å². The zero-order valence-corrected chi connectivity index (χ0v) is 7.13. The Kier molecular flexibility index (Phi) is 2.69. The van der Waals surface area contributed by atoms with Crippen LogP contribution in [0.5, 0.6) is 0 Å². The van der Waals surface area contributed by atoms with E-state index in [4.69, 9.17) is 10.5 Å². The van der Waals surface area contributed by atoms with Crippen LogP contribution in [0.1, 0.15) is 16.7 Å². The van der Waals surface area contributed by atoms with E-state index in [1.165, 1.54) is 0 Å². The molecule has 0 fully saturated rings. The molecule has 0 bridgehead atoms. The molecule has 0 aliphatic rings. The zero-order valence-electron chi connectivity index (χ0n) is 7.13. The fourth-order valence-electron chi connectivity index (χ4n) is 0.922. The third-order valence-corrected chi connectivity index (χ3v) is 1.62. The van der Waals surface area contributed by atoms with Crippen LogP contribution in [0.25, 0.3) is 0 Å². The second kappa shape index (κ2) is 3.96. The zero-order chi connectivity index (χ0) is 9.68. The maximum atomic E-state index is 8.62. The largest absolute Gasteiger partial charge is 0.192 e. The van der Waals surface area contributed by atoms with Crippen LogP contribution in [-0.4, -0.2) is 0 Å². The summed E-state index contributed by atoms with van der Waals surface area (Å²) in [5, 5.41) is 16.9. The summed E-state index contributed by atoms with van der Waals surface area (Å²) < 4.78 is 0. The minimum absolute atomic E-state index is 0.563. The summed E-state index contributed by atoms with van der Waals surface area (Å²) in [5.74, 6) is 4.98. The monoisotopic (exact) mass is 166 g/mol. The van der Waals surface area contributed by atoms with Gasteiger partial charge in [0.15, 0.2) is 6.07 Å². The molecular weight excluding hydrogens is 160 g/mol. The van der Waals surface area contributed by atoms with Crippen LogP contribution in [-0.2, 0) is 0 Å². The summed E-state index contributed by atoms with van der Waals surface area (Å²) >= 11 is 0. The van der Waals surface area contributed by atoms with Crippen molar-refractivity contribution in [3.63, 3.8) is 0 Å². The number of nitriles is 2. The van der Waals surface area contributed by atoms with Gasteiger partial charge in [0.2, 0.25) is 0 Å². The SMILES string of the molecule is Cc1ccc(C#N)cc1C#CC#N. The van der Waals surface area contributed by atoms with Crippen LogP contribution >= 0.6 is 0 Å². The van der Waals surface area contributed by atoms with Gasteiger partial charge in [-0.25, -0.2) is 0 Å². The van der Waals surface area contributed by atoms with Gasteiger partial charge in [-0.15, -0.1) is 0 Å². The first kappa shape index (κ1) is 8.85. The average molecular weight is 166 g/mol. The molecule has 0 heterocycles. The molecule has 0 aliphatic heterocycles. The molecular formula is C11H6N2. The molecule has 2 nitrogen and oxygen atoms in total. The summed E-state index contributed by atoms with van der Waals surface area (Å²) in [7, 11) is 0. The number of nitrogens with zero attached hydrogens (tertiary/aromatic N) is 2. The van der Waals surface area contributed by atoms with Crippen molar-refractivity contribution in [2.45, 2.75) is 6.92 Å². The maximum Gasteiger partial charge on any atom is 0.152 e. The predicted octanol–water partition coefficient (Wildman–Crippen LogP) is 1.74. The number of hydrogen-bond acceptors (Lipinski definition) is 2. The van der Waals surface area contributed by atoms with Crippen molar-refractivity contribution >= 4 is 0 Å². The van der Waals surface area contributed by atoms with E-state index in [-0.39, 0.29) is 0 Å². The lowest BCUT2D eigenvalue weighted by molar-refractivity contribution is 1.40. The minimum Gasteiger partial charge on any atom is -0.192 e. The van der Waals surface area contributed by atoms with E-state index >= 15 is 0 Å². The molecule has 0 unspecified atom stereocenters. The summed E-state index contributed by atoms with van der Waals surface area (Å²) in [5.41, 5.74) is 2.27. The van der Waals surface area contributed by atoms with Crippen LogP contribution in [0.2, 0.25) is 0 Å². The van der Waals surface area contributed by atoms with E-state index in [0.717, 1.165) is 11.1 Å². The Labute approximate surface area is 77.0 Å². The van der Waals surface area contributed by atoms with Crippen LogP contribution in [0.3, 0.4) is 0 Å². The van der Waals surface area contributed by atoms with Gasteiger partial charge in [0.05, 0.1) is 11.6 Å². The smallest absolute Gasteiger partial charge is 0.152 e. The fraction of sp³-hybridized carbons (Fsp3) is 0.0909. The molecule has 1 aromatic carbocycles. The molecule has 0 amide bonds. The quantitative estimate of drug-likeness (QED) is 0.551. The lowest BCUT2D eigenvalue weighted by atomic mass is 10.1. The van der Waals surface area contributed by atoms with Crippen LogP contribution < -0.4 is 0 Å². The Morgan fingerprint density at radius 3 is 2.62 bits per heavy atom. The topological polar surface area (TPSA) is 47.6 Å². The van der Waals surface area contributed by atoms with Crippen molar-refractivity contribution in [2.24, 2.45) is 0 Å². The molecule has 0 aromatic heterocycles. The molecule has 1 rings (SSSR count). The second-order valence-corrected chi connectivity index (χ2v) is 2.50. The fourth-order valence-corrected chi connectivity index (χ4v) is 0.922. The van der Waals surface area contributed by atoms with Crippen molar-refractivity contribution < 1.29 is 0 Å². The first-order valence-electron chi connectivity index (χ1n) is 3.69. The van der Waals surface area contributed by atoms with Gasteiger partial charge in [-0.3, -0.25) is 0 Å². The first-order chi connectivity index (χ1) is 6.27. The third-order valence-electron chi connectivity index (χ3n) is 1.62. The van der Waals surface area contributed by atoms with Crippen LogP contribution in [0.15, 0.2) is 18.2 Å². The highest BCUT2D eigenvalue weighted by molar-refractivity contribution is 5.47. The first-order valence-corrected chi connectivity index (χ1v) is 3.69. The van der Waals surface area contributed by atoms with Crippen molar-refractivity contribution in [3.8, 4) is 24.0 Å². The molecule has 0 radical (unpaired) electrons. The predicted molar refractivity (Wildman–Crippen MR) is 48.4 cm³/mol. The molecule has 0 N–H and O–H groups in total. The molecule has 0 spiro atoms. The lowest BCUT2D eigenvalue weighted by Gasteiger charge is -1.96. The minimum atomic E-state index is 0.563. The summed E-state index contributed by atoms with van der Waals surface area (Å²) in [4.78, 5) is 0. The Morgan fingerprint density at radius 2 is 2.00 bits per heavy atom. The van der Waals surface area contributed by atoms with E-state index < -0.39 is 0 Å². The molecule has 13 heavy (non-hydrogen) atoms. The average Bonchev–Trinajstić information content (AvgIpc) is 2.17. The number of rotatable bonds is 0. The van der Waals surface area contributed by atoms with Gasteiger partial charge >= 0.3 is 0 Å². The Balaban J connectivity index is 3.23. The number of hydrogen-bond donors (Lipinski definition) is 0. The molecule has 0 saturated carbocycles. The second-order valence-electron chi connectivity index (χ2n) is 2.50. The molecule has 60 valence electrons. The maximum absolute atomic E-state index is 8.62. The van der Waals surface area contributed by atoms with Crippen molar-refractivity contribution in [1.82, 2.24) is 0 Å². The van der Waals surface area contributed by atoms with Gasteiger partial charge in [-0.05, 0) is 24.6 Å². The molecule has 0 saturated heterocycles. The van der Waals surface area contributed by atoms with Gasteiger partial charge in [-0.2, -0.15) is 10.5 Å². The summed E-state index contributed by atoms with van der Waals surface area (Å²) in [6, 6.07) is 8.99. The number of aryl methyl sites for hydroxylation is 1. The van der Waals surface area contributed by atoms with Crippen LogP contribution in [0, 0.1) is 41.4 Å². The van der Waals surface area contributed by atoms with Gasteiger partial charge in [-0.1, -0.05) is 12.0 Å². The molecule has 0 aliphatic carbocycles. The van der Waals surface area contributed by atoms with Gasteiger partial charge in [0, 0.05) is 11.5 Å². The molecule has 1 aromatic rings. The summed E-state index contributed by atoms with van der Waals surface area (Å²) in [6.45, 7) is 1.89. The Hall–Kier alpha value is -2.24. The van der Waals surface area contributed by atoms with Gasteiger partial charge < -0.3 is 0 Å².